The zero-order chi connectivity index (χ0) is 26.4. The monoisotopic (exact) mass is 691 g/mol. The van der Waals surface area contributed by atoms with Crippen LogP contribution >= 0.6 is 0 Å². The van der Waals surface area contributed by atoms with Gasteiger partial charge in [-0.1, -0.05) is 91.9 Å². The fourth-order valence-electron chi connectivity index (χ4n) is 4.60. The van der Waals surface area contributed by atoms with E-state index < -0.39 is 0 Å². The number of benzene rings is 5. The summed E-state index contributed by atoms with van der Waals surface area (Å²) in [4.78, 5) is 9.44. The van der Waals surface area contributed by atoms with Gasteiger partial charge < -0.3 is 0 Å². The summed E-state index contributed by atoms with van der Waals surface area (Å²) in [5.74, 6) is 0. The van der Waals surface area contributed by atoms with E-state index in [0.29, 0.717) is 0 Å². The van der Waals surface area contributed by atoms with Gasteiger partial charge in [-0.25, -0.2) is 0 Å². The molecule has 0 aliphatic rings. The van der Waals surface area contributed by atoms with Gasteiger partial charge in [0, 0.05) is 25.5 Å². The molecule has 5 aromatic carbocycles. The minimum absolute atomic E-state index is 0. The first kappa shape index (κ1) is 27.1. The van der Waals surface area contributed by atoms with Crippen LogP contribution in [0.2, 0.25) is 0 Å². The average molecular weight is 691 g/mol. The van der Waals surface area contributed by atoms with E-state index in [1.54, 1.807) is 0 Å². The van der Waals surface area contributed by atoms with Crippen molar-refractivity contribution in [3.63, 3.8) is 0 Å². The van der Waals surface area contributed by atoms with Crippen LogP contribution in [0.25, 0.3) is 55.4 Å². The van der Waals surface area contributed by atoms with Crippen molar-refractivity contribution >= 4 is 21.8 Å². The molecule has 0 fully saturated rings. The molecule has 7 rings (SSSR count). The predicted octanol–water partition coefficient (Wildman–Crippen LogP) is 9.38. The molecule has 40 heavy (non-hydrogen) atoms. The van der Waals surface area contributed by atoms with Crippen LogP contribution in [-0.2, 0) is 20.1 Å². The van der Waals surface area contributed by atoms with Crippen LogP contribution in [0.5, 0.6) is 0 Å². The van der Waals surface area contributed by atoms with Crippen LogP contribution in [-0.4, -0.2) is 9.97 Å². The molecule has 0 unspecified atom stereocenters. The van der Waals surface area contributed by atoms with Gasteiger partial charge in [0.15, 0.2) is 0 Å². The normalized spacial score (nSPS) is 10.4. The Balaban J connectivity index is 0.000000167. The Kier molecular flexibility index (Phi) is 8.56. The van der Waals surface area contributed by atoms with E-state index >= 15 is 0 Å². The number of hydrogen-bond acceptors (Lipinski definition) is 2. The third kappa shape index (κ3) is 6.07. The van der Waals surface area contributed by atoms with Gasteiger partial charge in [-0.05, 0) is 40.0 Å². The molecule has 0 bridgehead atoms. The van der Waals surface area contributed by atoms with Crippen LogP contribution in [0.1, 0.15) is 5.56 Å². The van der Waals surface area contributed by atoms with Crippen molar-refractivity contribution in [3.8, 4) is 33.6 Å². The molecule has 0 amide bonds. The quantitative estimate of drug-likeness (QED) is 0.173. The van der Waals surface area contributed by atoms with Crippen molar-refractivity contribution in [1.29, 1.82) is 0 Å². The minimum atomic E-state index is 0. The van der Waals surface area contributed by atoms with Gasteiger partial charge in [-0.15, -0.1) is 71.3 Å². The molecule has 3 heteroatoms. The number of hydrogen-bond donors (Lipinski definition) is 0. The number of nitrogens with zero attached hydrogens (tertiary/aromatic N) is 2. The Morgan fingerprint density at radius 1 is 0.550 bits per heavy atom. The standard InChI is InChI=1S/C22H16N.C15H10N.Ir/c1-16-11-13-18(14-12-16)22-15-20(17-7-3-2-4-8-17)19-9-5-6-10-21(19)23-22;1-2-6-12(7-3-1)15-11-10-13-8-4-5-9-14(13)16-15;/h2-13,15H,1H3;1-6,8-11H;/q2*-1;. The summed E-state index contributed by atoms with van der Waals surface area (Å²) >= 11 is 0. The van der Waals surface area contributed by atoms with Crippen molar-refractivity contribution < 1.29 is 20.1 Å². The maximum absolute atomic E-state index is 4.83. The van der Waals surface area contributed by atoms with Crippen LogP contribution in [0.4, 0.5) is 0 Å². The van der Waals surface area contributed by atoms with E-state index in [9.17, 15) is 0 Å². The third-order valence-electron chi connectivity index (χ3n) is 6.63. The maximum Gasteiger partial charge on any atom is 0.0601 e. The predicted molar refractivity (Wildman–Crippen MR) is 162 cm³/mol. The molecule has 0 aliphatic heterocycles. The largest absolute Gasteiger partial charge is 0.296 e. The van der Waals surface area contributed by atoms with Crippen molar-refractivity contribution in [2.24, 2.45) is 0 Å². The second-order valence-electron chi connectivity index (χ2n) is 9.38. The molecule has 2 aromatic heterocycles. The zero-order valence-corrected chi connectivity index (χ0v) is 24.4. The smallest absolute Gasteiger partial charge is 0.0601 e. The molecule has 0 spiro atoms. The molecule has 7 aromatic rings. The van der Waals surface area contributed by atoms with Crippen molar-refractivity contribution in [2.75, 3.05) is 0 Å². The van der Waals surface area contributed by atoms with E-state index in [0.717, 1.165) is 33.5 Å². The Labute approximate surface area is 248 Å². The number of aryl methyl sites for hydroxylation is 1. The number of rotatable bonds is 3. The summed E-state index contributed by atoms with van der Waals surface area (Å²) in [5.41, 5.74) is 9.65. The number of pyridine rings is 2. The SMILES string of the molecule is Cc1c[c-]c(-c2cc(-c3ccccc3)c3ccccc3n2)cc1.[Ir].[c-]1ccccc1-c1ccc2ccccc2n1. The Morgan fingerprint density at radius 3 is 2.02 bits per heavy atom. The van der Waals surface area contributed by atoms with Crippen molar-refractivity contribution in [3.05, 3.63) is 157 Å². The van der Waals surface area contributed by atoms with E-state index in [4.69, 9.17) is 4.98 Å². The van der Waals surface area contributed by atoms with Gasteiger partial charge in [0.2, 0.25) is 0 Å². The van der Waals surface area contributed by atoms with E-state index in [1.165, 1.54) is 27.5 Å². The Hall–Kier alpha value is -4.43. The van der Waals surface area contributed by atoms with Crippen LogP contribution in [0.3, 0.4) is 0 Å². The topological polar surface area (TPSA) is 25.8 Å². The first-order valence-corrected chi connectivity index (χ1v) is 13.0. The molecule has 0 N–H and O–H groups in total. The summed E-state index contributed by atoms with van der Waals surface area (Å²) in [6, 6.07) is 53.8. The summed E-state index contributed by atoms with van der Waals surface area (Å²) in [5, 5.41) is 2.34. The minimum Gasteiger partial charge on any atom is -0.296 e. The zero-order valence-electron chi connectivity index (χ0n) is 22.0. The summed E-state index contributed by atoms with van der Waals surface area (Å²) in [7, 11) is 0. The van der Waals surface area contributed by atoms with Crippen LogP contribution < -0.4 is 0 Å². The first-order valence-electron chi connectivity index (χ1n) is 13.0. The van der Waals surface area contributed by atoms with Crippen LogP contribution in [0.15, 0.2) is 140 Å². The molecule has 0 saturated carbocycles. The first-order chi connectivity index (χ1) is 19.2. The second-order valence-corrected chi connectivity index (χ2v) is 9.38. The summed E-state index contributed by atoms with van der Waals surface area (Å²) < 4.78 is 0. The fraction of sp³-hybridized carbons (Fsp3) is 0.0270. The van der Waals surface area contributed by atoms with Gasteiger partial charge in [0.25, 0.3) is 0 Å². The number of para-hydroxylation sites is 2. The summed E-state index contributed by atoms with van der Waals surface area (Å²) in [6.45, 7) is 2.07. The summed E-state index contributed by atoms with van der Waals surface area (Å²) in [6.07, 6.45) is 0. The molecule has 2 nitrogen and oxygen atoms in total. The maximum atomic E-state index is 4.83. The van der Waals surface area contributed by atoms with Crippen molar-refractivity contribution in [2.45, 2.75) is 6.92 Å². The molecule has 195 valence electrons. The second kappa shape index (κ2) is 12.6. The van der Waals surface area contributed by atoms with Crippen LogP contribution in [0, 0.1) is 19.1 Å². The van der Waals surface area contributed by atoms with Gasteiger partial charge in [-0.3, -0.25) is 9.97 Å². The van der Waals surface area contributed by atoms with Gasteiger partial charge in [-0.2, -0.15) is 0 Å². The third-order valence-corrected chi connectivity index (χ3v) is 6.63. The molecule has 1 radical (unpaired) electrons. The van der Waals surface area contributed by atoms with Gasteiger partial charge in [0.05, 0.1) is 11.0 Å². The van der Waals surface area contributed by atoms with Gasteiger partial charge in [0.1, 0.15) is 0 Å². The molecular weight excluding hydrogens is 665 g/mol. The molecule has 0 atom stereocenters. The molecular formula is C37H26IrN2-2. The molecule has 0 aliphatic carbocycles. The molecule has 2 heterocycles. The molecule has 0 saturated heterocycles. The Bertz CT molecular complexity index is 1850. The van der Waals surface area contributed by atoms with Gasteiger partial charge >= 0.3 is 0 Å². The average Bonchev–Trinajstić information content (AvgIpc) is 3.02. The number of aromatic nitrogens is 2. The van der Waals surface area contributed by atoms with E-state index in [-0.39, 0.29) is 20.1 Å². The fourth-order valence-corrected chi connectivity index (χ4v) is 4.60. The van der Waals surface area contributed by atoms with E-state index in [2.05, 4.69) is 96.8 Å². The number of fused-ring (bicyclic) bond motifs is 2. The van der Waals surface area contributed by atoms with Crippen molar-refractivity contribution in [1.82, 2.24) is 9.97 Å². The van der Waals surface area contributed by atoms with E-state index in [1.807, 2.05) is 66.7 Å². The Morgan fingerprint density at radius 2 is 1.25 bits per heavy atom.